The van der Waals surface area contributed by atoms with Gasteiger partial charge in [0.2, 0.25) is 5.95 Å². The molecule has 0 spiro atoms. The number of hydrogen-bond acceptors (Lipinski definition) is 5. The van der Waals surface area contributed by atoms with E-state index in [1.54, 1.807) is 42.6 Å². The van der Waals surface area contributed by atoms with E-state index in [0.717, 1.165) is 11.1 Å². The molecule has 0 saturated heterocycles. The Morgan fingerprint density at radius 2 is 1.83 bits per heavy atom. The maximum absolute atomic E-state index is 12.5. The summed E-state index contributed by atoms with van der Waals surface area (Å²) in [6, 6.07) is 13.0. The Labute approximate surface area is 169 Å². The summed E-state index contributed by atoms with van der Waals surface area (Å²) >= 11 is 0. The Hall–Kier alpha value is -4.40. The number of nitrogen functional groups attached to an aromatic ring is 1. The molecule has 0 aliphatic carbocycles. The van der Waals surface area contributed by atoms with Gasteiger partial charge in [0.15, 0.2) is 0 Å². The fourth-order valence-corrected chi connectivity index (χ4v) is 3.23. The minimum Gasteiger partial charge on any atom is -0.478 e. The van der Waals surface area contributed by atoms with Crippen molar-refractivity contribution in [1.29, 1.82) is 0 Å². The number of amides is 1. The average Bonchev–Trinajstić information content (AvgIpc) is 3.11. The molecule has 0 bridgehead atoms. The zero-order chi connectivity index (χ0) is 21.3. The van der Waals surface area contributed by atoms with Crippen LogP contribution in [0, 0.1) is 0 Å². The molecule has 30 heavy (non-hydrogen) atoms. The van der Waals surface area contributed by atoms with Crippen molar-refractivity contribution < 1.29 is 14.7 Å². The van der Waals surface area contributed by atoms with Gasteiger partial charge in [0, 0.05) is 11.8 Å². The van der Waals surface area contributed by atoms with Crippen molar-refractivity contribution >= 4 is 34.5 Å². The minimum absolute atomic E-state index is 0.0151. The second-order valence-corrected chi connectivity index (χ2v) is 6.67. The molecule has 2 heterocycles. The summed E-state index contributed by atoms with van der Waals surface area (Å²) in [7, 11) is 0. The number of carboxylic acid groups (broad SMARTS) is 1. The second-order valence-electron chi connectivity index (χ2n) is 6.67. The number of carbonyl (C=O) groups is 2. The van der Waals surface area contributed by atoms with E-state index in [0.29, 0.717) is 23.0 Å². The lowest BCUT2D eigenvalue weighted by molar-refractivity contribution is 0.0698. The summed E-state index contributed by atoms with van der Waals surface area (Å²) in [5.74, 6) is -1.49. The summed E-state index contributed by atoms with van der Waals surface area (Å²) < 4.78 is 0. The lowest BCUT2D eigenvalue weighted by Crippen LogP contribution is -2.14. The molecular weight excluding hydrogens is 386 g/mol. The number of carbonyl (C=O) groups excluding carboxylic acids is 1. The van der Waals surface area contributed by atoms with Gasteiger partial charge >= 0.3 is 5.97 Å². The zero-order valence-electron chi connectivity index (χ0n) is 15.6. The van der Waals surface area contributed by atoms with Crippen molar-refractivity contribution in [2.45, 2.75) is 6.42 Å². The maximum Gasteiger partial charge on any atom is 0.337 e. The number of aromatic nitrogens is 3. The van der Waals surface area contributed by atoms with E-state index < -0.39 is 11.9 Å². The molecule has 0 saturated carbocycles. The van der Waals surface area contributed by atoms with E-state index in [4.69, 9.17) is 5.73 Å². The number of carboxylic acids is 1. The highest BCUT2D eigenvalue weighted by Gasteiger charge is 2.14. The Morgan fingerprint density at radius 3 is 2.57 bits per heavy atom. The lowest BCUT2D eigenvalue weighted by Gasteiger charge is -2.09. The van der Waals surface area contributed by atoms with Crippen molar-refractivity contribution in [2.24, 2.45) is 0 Å². The van der Waals surface area contributed by atoms with Gasteiger partial charge in [0.05, 0.1) is 16.6 Å². The number of nitrogens with one attached hydrogen (secondary N) is 3. The standard InChI is InChI=1S/C21H17N5O4/c22-21-25-17-16(19(28)26-21)13(10-23-17)9-11-5-7-12(8-6-11)18(27)24-15-4-2-1-3-14(15)20(29)30/h1-8,10H,9H2,(H,24,27)(H,29,30)(H4,22,23,25,26,28). The fraction of sp³-hybridized carbons (Fsp3) is 0.0476. The number of nitrogens with zero attached hydrogens (tertiary/aromatic N) is 1. The SMILES string of the molecule is Nc1nc2[nH]cc(Cc3ccc(C(=O)Nc4ccccc4C(=O)O)cc3)c2c(=O)[nH]1. The topological polar surface area (TPSA) is 154 Å². The van der Waals surface area contributed by atoms with E-state index in [2.05, 4.69) is 20.3 Å². The Balaban J connectivity index is 1.53. The van der Waals surface area contributed by atoms with Crippen LogP contribution < -0.4 is 16.6 Å². The summed E-state index contributed by atoms with van der Waals surface area (Å²) in [6.45, 7) is 0. The average molecular weight is 403 g/mol. The Kier molecular flexibility index (Phi) is 4.77. The number of rotatable bonds is 5. The highest BCUT2D eigenvalue weighted by atomic mass is 16.4. The molecule has 2 aromatic carbocycles. The van der Waals surface area contributed by atoms with Gasteiger partial charge in [-0.1, -0.05) is 24.3 Å². The molecule has 9 heteroatoms. The van der Waals surface area contributed by atoms with Gasteiger partial charge < -0.3 is 21.1 Å². The van der Waals surface area contributed by atoms with Crippen LogP contribution in [0.5, 0.6) is 0 Å². The van der Waals surface area contributed by atoms with Crippen molar-refractivity contribution in [3.8, 4) is 0 Å². The van der Waals surface area contributed by atoms with Gasteiger partial charge in [-0.3, -0.25) is 14.6 Å². The van der Waals surface area contributed by atoms with Crippen molar-refractivity contribution in [1.82, 2.24) is 15.0 Å². The fourth-order valence-electron chi connectivity index (χ4n) is 3.23. The van der Waals surface area contributed by atoms with Crippen LogP contribution in [0.1, 0.15) is 31.8 Å². The van der Waals surface area contributed by atoms with Gasteiger partial charge in [-0.05, 0) is 41.8 Å². The number of hydrogen-bond donors (Lipinski definition) is 5. The molecule has 4 rings (SSSR count). The molecule has 9 nitrogen and oxygen atoms in total. The third kappa shape index (κ3) is 3.63. The Bertz CT molecular complexity index is 1320. The normalized spacial score (nSPS) is 10.8. The number of benzene rings is 2. The molecule has 4 aromatic rings. The smallest absolute Gasteiger partial charge is 0.337 e. The number of aromatic carboxylic acids is 1. The van der Waals surface area contributed by atoms with Gasteiger partial charge in [0.25, 0.3) is 11.5 Å². The summed E-state index contributed by atoms with van der Waals surface area (Å²) in [5.41, 5.74) is 7.91. The number of H-pyrrole nitrogens is 2. The van der Waals surface area contributed by atoms with Gasteiger partial charge in [-0.25, -0.2) is 4.79 Å². The van der Waals surface area contributed by atoms with E-state index >= 15 is 0 Å². The van der Waals surface area contributed by atoms with E-state index in [1.807, 2.05) is 0 Å². The predicted molar refractivity (Wildman–Crippen MR) is 112 cm³/mol. The van der Waals surface area contributed by atoms with Crippen LogP contribution >= 0.6 is 0 Å². The van der Waals surface area contributed by atoms with Crippen LogP contribution in [-0.4, -0.2) is 31.9 Å². The van der Waals surface area contributed by atoms with Gasteiger partial charge in [-0.15, -0.1) is 0 Å². The van der Waals surface area contributed by atoms with Crippen LogP contribution in [-0.2, 0) is 6.42 Å². The third-order valence-corrected chi connectivity index (χ3v) is 4.66. The zero-order valence-corrected chi connectivity index (χ0v) is 15.6. The van der Waals surface area contributed by atoms with Crippen LogP contribution in [0.2, 0.25) is 0 Å². The monoisotopic (exact) mass is 403 g/mol. The molecule has 150 valence electrons. The number of para-hydroxylation sites is 1. The summed E-state index contributed by atoms with van der Waals surface area (Å²) in [4.78, 5) is 45.4. The molecule has 0 radical (unpaired) electrons. The van der Waals surface area contributed by atoms with Gasteiger partial charge in [0.1, 0.15) is 5.65 Å². The molecule has 0 atom stereocenters. The van der Waals surface area contributed by atoms with Crippen LogP contribution in [0.4, 0.5) is 11.6 Å². The van der Waals surface area contributed by atoms with Crippen LogP contribution in [0.25, 0.3) is 11.0 Å². The summed E-state index contributed by atoms with van der Waals surface area (Å²) in [5, 5.41) is 12.3. The largest absolute Gasteiger partial charge is 0.478 e. The molecule has 0 fully saturated rings. The predicted octanol–water partition coefficient (Wildman–Crippen LogP) is 2.37. The molecule has 1 amide bonds. The maximum atomic E-state index is 12.5. The first kappa shape index (κ1) is 18.9. The molecule has 6 N–H and O–H groups in total. The number of fused-ring (bicyclic) bond motifs is 1. The summed E-state index contributed by atoms with van der Waals surface area (Å²) in [6.07, 6.45) is 2.16. The van der Waals surface area contributed by atoms with Crippen molar-refractivity contribution in [2.75, 3.05) is 11.1 Å². The van der Waals surface area contributed by atoms with Crippen LogP contribution in [0.3, 0.4) is 0 Å². The number of nitrogens with two attached hydrogens (primary N) is 1. The van der Waals surface area contributed by atoms with Gasteiger partial charge in [-0.2, -0.15) is 4.98 Å². The molecule has 2 aromatic heterocycles. The van der Waals surface area contributed by atoms with E-state index in [9.17, 15) is 19.5 Å². The Morgan fingerprint density at radius 1 is 1.10 bits per heavy atom. The van der Waals surface area contributed by atoms with Crippen LogP contribution in [0.15, 0.2) is 59.5 Å². The minimum atomic E-state index is -1.12. The molecule has 0 aliphatic rings. The lowest BCUT2D eigenvalue weighted by atomic mass is 10.0. The highest BCUT2D eigenvalue weighted by Crippen LogP contribution is 2.19. The number of anilines is 2. The van der Waals surface area contributed by atoms with E-state index in [1.165, 1.54) is 12.1 Å². The number of aromatic amines is 2. The van der Waals surface area contributed by atoms with Crippen molar-refractivity contribution in [3.63, 3.8) is 0 Å². The van der Waals surface area contributed by atoms with Crippen molar-refractivity contribution in [3.05, 3.63) is 87.3 Å². The first-order valence-electron chi connectivity index (χ1n) is 9.01. The molecule has 0 unspecified atom stereocenters. The highest BCUT2D eigenvalue weighted by molar-refractivity contribution is 6.07. The third-order valence-electron chi connectivity index (χ3n) is 4.66. The second kappa shape index (κ2) is 7.55. The quantitative estimate of drug-likeness (QED) is 0.345. The first-order chi connectivity index (χ1) is 14.4. The van der Waals surface area contributed by atoms with E-state index in [-0.39, 0.29) is 22.8 Å². The first-order valence-corrected chi connectivity index (χ1v) is 9.01. The molecular formula is C21H17N5O4. The molecule has 0 aliphatic heterocycles.